The van der Waals surface area contributed by atoms with Crippen molar-refractivity contribution in [3.8, 4) is 0 Å². The van der Waals surface area contributed by atoms with E-state index in [1.54, 1.807) is 6.92 Å². The summed E-state index contributed by atoms with van der Waals surface area (Å²) in [4.78, 5) is 21.3. The van der Waals surface area contributed by atoms with Gasteiger partial charge in [-0.1, -0.05) is 12.1 Å². The Morgan fingerprint density at radius 2 is 1.50 bits per heavy atom. The monoisotopic (exact) mass is 238 g/mol. The van der Waals surface area contributed by atoms with Crippen molar-refractivity contribution in [3.63, 3.8) is 0 Å². The Balaban J connectivity index is 0. The number of rotatable bonds is 2. The van der Waals surface area contributed by atoms with E-state index in [9.17, 15) is 19.8 Å². The molecule has 0 fully saturated rings. The second-order valence-electron chi connectivity index (χ2n) is 3.00. The Morgan fingerprint density at radius 3 is 1.88 bits per heavy atom. The summed E-state index contributed by atoms with van der Waals surface area (Å²) in [5, 5.41) is 21.3. The molecule has 0 atom stereocenters. The number of hydrogen-bond donors (Lipinski definition) is 0. The fraction of sp³-hybridized carbons (Fsp3) is 0.200. The van der Waals surface area contributed by atoms with Crippen molar-refractivity contribution >= 4 is 11.9 Å². The van der Waals surface area contributed by atoms with Crippen molar-refractivity contribution in [2.45, 2.75) is 13.8 Å². The van der Waals surface area contributed by atoms with Crippen molar-refractivity contribution in [3.05, 3.63) is 34.4 Å². The maximum atomic E-state index is 10.7. The van der Waals surface area contributed by atoms with Crippen LogP contribution < -0.4 is 69.3 Å². The molecular formula is C10H8Na2O4. The average Bonchev–Trinajstić information content (AvgIpc) is 2.02. The van der Waals surface area contributed by atoms with Gasteiger partial charge in [0, 0.05) is 11.1 Å². The van der Waals surface area contributed by atoms with Gasteiger partial charge in [-0.25, -0.2) is 0 Å². The molecule has 0 radical (unpaired) electrons. The molecule has 74 valence electrons. The van der Waals surface area contributed by atoms with E-state index >= 15 is 0 Å². The van der Waals surface area contributed by atoms with Gasteiger partial charge < -0.3 is 19.8 Å². The number of benzene rings is 1. The molecule has 0 saturated carbocycles. The van der Waals surface area contributed by atoms with E-state index in [2.05, 4.69) is 0 Å². The van der Waals surface area contributed by atoms with E-state index in [-0.39, 0.29) is 75.8 Å². The van der Waals surface area contributed by atoms with Crippen LogP contribution in [0.25, 0.3) is 0 Å². The first kappa shape index (κ1) is 18.5. The van der Waals surface area contributed by atoms with Gasteiger partial charge in [0.25, 0.3) is 0 Å². The summed E-state index contributed by atoms with van der Waals surface area (Å²) >= 11 is 0. The minimum atomic E-state index is -1.38. The first-order valence-corrected chi connectivity index (χ1v) is 3.98. The SMILES string of the molecule is Cc1ccc(C(=O)[O-])c(C)c1C(=O)[O-].[Na+].[Na+]. The van der Waals surface area contributed by atoms with Crippen LogP contribution in [0.3, 0.4) is 0 Å². The van der Waals surface area contributed by atoms with Crippen LogP contribution in [0, 0.1) is 13.8 Å². The Morgan fingerprint density at radius 1 is 1.00 bits per heavy atom. The summed E-state index contributed by atoms with van der Waals surface area (Å²) in [5.41, 5.74) is 0.457. The van der Waals surface area contributed by atoms with Crippen molar-refractivity contribution in [1.29, 1.82) is 0 Å². The maximum Gasteiger partial charge on any atom is 1.00 e. The zero-order valence-corrected chi connectivity index (χ0v) is 13.8. The Hall–Kier alpha value is 0.160. The van der Waals surface area contributed by atoms with E-state index in [0.717, 1.165) is 0 Å². The van der Waals surface area contributed by atoms with Crippen molar-refractivity contribution < 1.29 is 78.9 Å². The second kappa shape index (κ2) is 7.48. The molecule has 0 aliphatic rings. The van der Waals surface area contributed by atoms with Gasteiger partial charge in [-0.15, -0.1) is 0 Å². The molecule has 1 aromatic carbocycles. The van der Waals surface area contributed by atoms with Crippen LogP contribution in [0.2, 0.25) is 0 Å². The van der Waals surface area contributed by atoms with Crippen LogP contribution in [0.15, 0.2) is 12.1 Å². The predicted molar refractivity (Wildman–Crippen MR) is 44.6 cm³/mol. The smallest absolute Gasteiger partial charge is 0.545 e. The number of carboxylic acid groups (broad SMARTS) is 2. The molecule has 0 aliphatic heterocycles. The standard InChI is InChI=1S/C10H10O4.2Na/c1-5-3-4-7(9(11)12)6(2)8(5)10(13)14;;/h3-4H,1-2H3,(H,11,12)(H,13,14);;/q;2*+1/p-2. The van der Waals surface area contributed by atoms with E-state index in [1.807, 2.05) is 0 Å². The first-order chi connectivity index (χ1) is 6.45. The molecule has 0 saturated heterocycles. The van der Waals surface area contributed by atoms with Crippen LogP contribution in [0.1, 0.15) is 31.8 Å². The summed E-state index contributed by atoms with van der Waals surface area (Å²) in [6.45, 7) is 3.00. The summed E-state index contributed by atoms with van der Waals surface area (Å²) < 4.78 is 0. The molecule has 0 aromatic heterocycles. The molecule has 0 bridgehead atoms. The molecule has 1 aromatic rings. The van der Waals surface area contributed by atoms with Gasteiger partial charge in [-0.05, 0) is 25.0 Å². The van der Waals surface area contributed by atoms with Crippen LogP contribution in [0.5, 0.6) is 0 Å². The van der Waals surface area contributed by atoms with Crippen molar-refractivity contribution in [2.75, 3.05) is 0 Å². The summed E-state index contributed by atoms with van der Waals surface area (Å²) in [7, 11) is 0. The number of carbonyl (C=O) groups is 2. The number of hydrogen-bond acceptors (Lipinski definition) is 4. The summed E-state index contributed by atoms with van der Waals surface area (Å²) in [6.07, 6.45) is 0. The fourth-order valence-corrected chi connectivity index (χ4v) is 1.38. The van der Waals surface area contributed by atoms with Crippen LogP contribution >= 0.6 is 0 Å². The second-order valence-corrected chi connectivity index (χ2v) is 3.00. The molecule has 6 heteroatoms. The third-order valence-corrected chi connectivity index (χ3v) is 2.10. The molecular weight excluding hydrogens is 230 g/mol. The number of carbonyl (C=O) groups excluding carboxylic acids is 2. The molecule has 0 aliphatic carbocycles. The maximum absolute atomic E-state index is 10.7. The average molecular weight is 238 g/mol. The third-order valence-electron chi connectivity index (χ3n) is 2.10. The third kappa shape index (κ3) is 3.87. The van der Waals surface area contributed by atoms with Gasteiger partial charge in [0.2, 0.25) is 0 Å². The normalized spacial score (nSPS) is 8.62. The van der Waals surface area contributed by atoms with E-state index in [0.29, 0.717) is 5.56 Å². The van der Waals surface area contributed by atoms with Gasteiger partial charge in [-0.3, -0.25) is 0 Å². The summed E-state index contributed by atoms with van der Waals surface area (Å²) in [6, 6.07) is 2.75. The molecule has 0 heterocycles. The molecule has 1 rings (SSSR count). The molecule has 16 heavy (non-hydrogen) atoms. The molecule has 0 unspecified atom stereocenters. The van der Waals surface area contributed by atoms with Gasteiger partial charge in [0.15, 0.2) is 0 Å². The molecule has 0 spiro atoms. The molecule has 0 N–H and O–H groups in total. The molecule has 4 nitrogen and oxygen atoms in total. The number of aromatic carboxylic acids is 2. The Kier molecular flexibility index (Phi) is 8.66. The minimum absolute atomic E-state index is 0. The fourth-order valence-electron chi connectivity index (χ4n) is 1.38. The zero-order chi connectivity index (χ0) is 10.9. The van der Waals surface area contributed by atoms with Gasteiger partial charge in [0.05, 0.1) is 11.9 Å². The van der Waals surface area contributed by atoms with Gasteiger partial charge in [-0.2, -0.15) is 0 Å². The number of carboxylic acids is 2. The quantitative estimate of drug-likeness (QED) is 0.479. The minimum Gasteiger partial charge on any atom is -0.545 e. The molecule has 0 amide bonds. The van der Waals surface area contributed by atoms with Gasteiger partial charge in [0.1, 0.15) is 0 Å². The van der Waals surface area contributed by atoms with Crippen LogP contribution in [0.4, 0.5) is 0 Å². The van der Waals surface area contributed by atoms with Crippen LogP contribution in [-0.2, 0) is 0 Å². The topological polar surface area (TPSA) is 80.3 Å². The summed E-state index contributed by atoms with van der Waals surface area (Å²) in [5.74, 6) is -2.76. The zero-order valence-electron chi connectivity index (χ0n) is 9.79. The van der Waals surface area contributed by atoms with Gasteiger partial charge >= 0.3 is 59.1 Å². The van der Waals surface area contributed by atoms with Crippen LogP contribution in [-0.4, -0.2) is 11.9 Å². The van der Waals surface area contributed by atoms with E-state index in [4.69, 9.17) is 0 Å². The Labute approximate surface area is 138 Å². The predicted octanol–water partition coefficient (Wildman–Crippen LogP) is -6.96. The van der Waals surface area contributed by atoms with Crippen molar-refractivity contribution in [1.82, 2.24) is 0 Å². The number of aryl methyl sites for hydroxylation is 1. The van der Waals surface area contributed by atoms with Crippen molar-refractivity contribution in [2.24, 2.45) is 0 Å². The first-order valence-electron chi connectivity index (χ1n) is 3.98. The van der Waals surface area contributed by atoms with E-state index in [1.165, 1.54) is 19.1 Å². The largest absolute Gasteiger partial charge is 1.00 e. The van der Waals surface area contributed by atoms with E-state index < -0.39 is 11.9 Å². The Bertz CT molecular complexity index is 416.